The Morgan fingerprint density at radius 3 is 2.50 bits per heavy atom. The second-order valence-corrected chi connectivity index (χ2v) is 16.7. The van der Waals surface area contributed by atoms with Crippen molar-refractivity contribution in [2.75, 3.05) is 30.4 Å². The van der Waals surface area contributed by atoms with Crippen molar-refractivity contribution in [1.29, 1.82) is 5.26 Å². The Kier molecular flexibility index (Phi) is 14.6. The lowest BCUT2D eigenvalue weighted by Crippen LogP contribution is -2.45. The topological polar surface area (TPSA) is 134 Å². The first-order chi connectivity index (χ1) is 28.5. The normalized spacial score (nSPS) is 19.7. The molecule has 0 bridgehead atoms. The molecule has 60 heavy (non-hydrogen) atoms. The summed E-state index contributed by atoms with van der Waals surface area (Å²) in [5.41, 5.74) is -0.199. The summed E-state index contributed by atoms with van der Waals surface area (Å²) in [5, 5.41) is 18.4. The minimum absolute atomic E-state index is 0.116. The number of fused-ring (bicyclic) bond motifs is 1. The molecule has 1 amide bonds. The largest absolute Gasteiger partial charge is 0.495 e. The number of amides is 1. The van der Waals surface area contributed by atoms with Gasteiger partial charge in [0.2, 0.25) is 5.91 Å². The zero-order chi connectivity index (χ0) is 43.9. The van der Waals surface area contributed by atoms with E-state index in [1.807, 2.05) is 46.8 Å². The van der Waals surface area contributed by atoms with Crippen LogP contribution in [0.25, 0.3) is 11.0 Å². The Balaban J connectivity index is 1.45. The molecule has 0 spiro atoms. The molecule has 1 aliphatic heterocycles. The number of nitrogens with one attached hydrogen (secondary N) is 2. The molecule has 10 nitrogen and oxygen atoms in total. The number of rotatable bonds is 14. The van der Waals surface area contributed by atoms with Crippen LogP contribution >= 0.6 is 23.2 Å². The van der Waals surface area contributed by atoms with Gasteiger partial charge in [0.25, 0.3) is 0 Å². The quantitative estimate of drug-likeness (QED) is 0.0550. The summed E-state index contributed by atoms with van der Waals surface area (Å²) in [6.07, 6.45) is 10.0. The molecule has 13 heteroatoms. The predicted molar refractivity (Wildman–Crippen MR) is 235 cm³/mol. The van der Waals surface area contributed by atoms with Gasteiger partial charge in [-0.3, -0.25) is 4.79 Å². The second-order valence-electron chi connectivity index (χ2n) is 15.8. The van der Waals surface area contributed by atoms with E-state index in [1.165, 1.54) is 55.7 Å². The van der Waals surface area contributed by atoms with Crippen molar-refractivity contribution in [2.24, 2.45) is 11.3 Å². The van der Waals surface area contributed by atoms with Crippen LogP contribution < -0.4 is 25.9 Å². The number of esters is 1. The van der Waals surface area contributed by atoms with Crippen LogP contribution in [0.3, 0.4) is 0 Å². The predicted octanol–water partition coefficient (Wildman–Crippen LogP) is 9.85. The van der Waals surface area contributed by atoms with Gasteiger partial charge in [-0.1, -0.05) is 68.1 Å². The molecule has 1 unspecified atom stereocenters. The van der Waals surface area contributed by atoms with E-state index >= 15 is 4.39 Å². The fraction of sp³-hybridized carbons (Fsp3) is 0.362. The van der Waals surface area contributed by atoms with Crippen LogP contribution in [0, 0.1) is 40.8 Å². The standard InChI is InChI=1S/C47H49Cl2FN4O6/c1-9-30(48)14-12-13-15-36-43(53-41(26-46(5,6)7)47(36,27-51)35-20-17-31(49)23-37(35)50)44(56)52-38-21-16-29(22-40(38)58-8)45(57)59-28(4)34-25-42(55)60-39-24-32(18-19-33(34)39)54(10-2)11-3/h1,12-14,16-25,28,36,41,43,53H,10-11,15,26H2,2-8H3,(H,52,56)/b13-12-,30-14+/t28?,36-,41-,43+,47+/m0/s1. The number of methoxy groups -OCH3 is 1. The highest BCUT2D eigenvalue weighted by Crippen LogP contribution is 2.49. The molecule has 5 atom stereocenters. The van der Waals surface area contributed by atoms with Gasteiger partial charge in [-0.05, 0) is 87.6 Å². The minimum atomic E-state index is -1.53. The zero-order valence-corrected chi connectivity index (χ0v) is 36.2. The Labute approximate surface area is 360 Å². The van der Waals surface area contributed by atoms with Crippen LogP contribution in [0.4, 0.5) is 15.8 Å². The van der Waals surface area contributed by atoms with Crippen LogP contribution in [-0.2, 0) is 14.9 Å². The number of terminal acetylenes is 1. The smallest absolute Gasteiger partial charge is 0.338 e. The van der Waals surface area contributed by atoms with E-state index in [9.17, 15) is 19.6 Å². The number of anilines is 2. The maximum atomic E-state index is 16.0. The number of nitrogens with zero attached hydrogens (tertiary/aromatic N) is 2. The van der Waals surface area contributed by atoms with Crippen molar-refractivity contribution in [2.45, 2.75) is 78.0 Å². The van der Waals surface area contributed by atoms with Gasteiger partial charge in [-0.25, -0.2) is 14.0 Å². The highest BCUT2D eigenvalue weighted by atomic mass is 35.5. The van der Waals surface area contributed by atoms with Crippen LogP contribution in [0.5, 0.6) is 5.75 Å². The van der Waals surface area contributed by atoms with Gasteiger partial charge in [0, 0.05) is 64.4 Å². The Hall–Kier alpha value is -5.59. The molecule has 314 valence electrons. The molecular weight excluding hydrogens is 806 g/mol. The highest BCUT2D eigenvalue weighted by molar-refractivity contribution is 6.32. The van der Waals surface area contributed by atoms with E-state index in [0.717, 1.165) is 18.8 Å². The second kappa shape index (κ2) is 19.2. The van der Waals surface area contributed by atoms with Gasteiger partial charge < -0.3 is 29.4 Å². The number of hydrogen-bond acceptors (Lipinski definition) is 9. The van der Waals surface area contributed by atoms with Crippen LogP contribution in [-0.4, -0.2) is 44.2 Å². The number of nitriles is 1. The summed E-state index contributed by atoms with van der Waals surface area (Å²) < 4.78 is 33.0. The van der Waals surface area contributed by atoms with E-state index in [1.54, 1.807) is 25.1 Å². The molecule has 1 fully saturated rings. The van der Waals surface area contributed by atoms with Crippen LogP contribution in [0.15, 0.2) is 93.1 Å². The molecule has 1 aromatic heterocycles. The lowest BCUT2D eigenvalue weighted by molar-refractivity contribution is -0.118. The van der Waals surface area contributed by atoms with Gasteiger partial charge in [0.1, 0.15) is 28.7 Å². The molecule has 1 saturated heterocycles. The number of carbonyl (C=O) groups is 2. The van der Waals surface area contributed by atoms with Gasteiger partial charge >= 0.3 is 11.6 Å². The minimum Gasteiger partial charge on any atom is -0.495 e. The Morgan fingerprint density at radius 2 is 1.87 bits per heavy atom. The molecule has 0 saturated carbocycles. The first-order valence-corrected chi connectivity index (χ1v) is 20.4. The SMILES string of the molecule is C#C/C(Cl)=C\C=C/C[C@H]1[C@H](C(=O)Nc2ccc(C(=O)OC(C)c3cc(=O)oc4cc(N(CC)CC)ccc34)cc2OC)N[C@@H](CC(C)(C)C)[C@]1(C#N)c1ccc(Cl)cc1F. The summed E-state index contributed by atoms with van der Waals surface area (Å²) in [4.78, 5) is 42.8. The molecule has 0 radical (unpaired) electrons. The molecule has 0 aliphatic carbocycles. The third-order valence-corrected chi connectivity index (χ3v) is 11.3. The zero-order valence-electron chi connectivity index (χ0n) is 34.7. The van der Waals surface area contributed by atoms with E-state index in [4.69, 9.17) is 43.5 Å². The van der Waals surface area contributed by atoms with E-state index in [-0.39, 0.29) is 44.5 Å². The fourth-order valence-corrected chi connectivity index (χ4v) is 8.21. The summed E-state index contributed by atoms with van der Waals surface area (Å²) >= 11 is 12.2. The number of benzene rings is 3. The lowest BCUT2D eigenvalue weighted by Gasteiger charge is -2.37. The first kappa shape index (κ1) is 45.5. The summed E-state index contributed by atoms with van der Waals surface area (Å²) in [7, 11) is 1.39. The van der Waals surface area contributed by atoms with Crippen molar-refractivity contribution in [3.63, 3.8) is 0 Å². The van der Waals surface area contributed by atoms with Gasteiger partial charge in [-0.15, -0.1) is 6.42 Å². The molecule has 5 rings (SSSR count). The van der Waals surface area contributed by atoms with Gasteiger partial charge in [0.15, 0.2) is 0 Å². The van der Waals surface area contributed by atoms with E-state index in [2.05, 4.69) is 27.5 Å². The molecule has 1 aliphatic rings. The van der Waals surface area contributed by atoms with E-state index in [0.29, 0.717) is 23.0 Å². The van der Waals surface area contributed by atoms with Gasteiger partial charge in [0.05, 0.1) is 35.5 Å². The van der Waals surface area contributed by atoms with Crippen molar-refractivity contribution in [3.8, 4) is 24.2 Å². The number of ether oxygens (including phenoxy) is 2. The molecule has 2 heterocycles. The Morgan fingerprint density at radius 1 is 1.13 bits per heavy atom. The van der Waals surface area contributed by atoms with Crippen molar-refractivity contribution >= 4 is 57.4 Å². The maximum absolute atomic E-state index is 16.0. The van der Waals surface area contributed by atoms with Crippen LogP contribution in [0.2, 0.25) is 5.02 Å². The Bertz CT molecular complexity index is 2460. The average molecular weight is 856 g/mol. The molecular formula is C47H49Cl2FN4O6. The fourth-order valence-electron chi connectivity index (χ4n) is 7.98. The summed E-state index contributed by atoms with van der Waals surface area (Å²) in [5.74, 6) is -0.196. The van der Waals surface area contributed by atoms with Crippen LogP contribution in [0.1, 0.15) is 82.0 Å². The molecule has 3 aromatic carbocycles. The van der Waals surface area contributed by atoms with Crippen molar-refractivity contribution in [1.82, 2.24) is 5.32 Å². The third-order valence-electron chi connectivity index (χ3n) is 10.8. The molecule has 4 aromatic rings. The van der Waals surface area contributed by atoms with E-state index < -0.39 is 52.8 Å². The number of allylic oxidation sites excluding steroid dienone is 4. The maximum Gasteiger partial charge on any atom is 0.338 e. The number of carbonyl (C=O) groups excluding carboxylic acids is 2. The first-order valence-electron chi connectivity index (χ1n) is 19.6. The highest BCUT2D eigenvalue weighted by Gasteiger charge is 2.59. The summed E-state index contributed by atoms with van der Waals surface area (Å²) in [6, 6.07) is 16.3. The molecule has 2 N–H and O–H groups in total. The van der Waals surface area contributed by atoms with Crippen molar-refractivity contribution < 1.29 is 27.9 Å². The van der Waals surface area contributed by atoms with Crippen molar-refractivity contribution in [3.05, 3.63) is 122 Å². The average Bonchev–Trinajstić information content (AvgIpc) is 3.51. The monoisotopic (exact) mass is 854 g/mol. The summed E-state index contributed by atoms with van der Waals surface area (Å²) in [6.45, 7) is 13.3. The number of halogens is 3. The third kappa shape index (κ3) is 9.88. The lowest BCUT2D eigenvalue weighted by atomic mass is 9.63. The van der Waals surface area contributed by atoms with Gasteiger partial charge in [-0.2, -0.15) is 5.26 Å². The number of hydrogen-bond donors (Lipinski definition) is 2.